The Kier molecular flexibility index (Phi) is 7.17. The molecule has 3 aromatic carbocycles. The number of para-hydroxylation sites is 1. The number of hydrogen-bond donors (Lipinski definition) is 3. The highest BCUT2D eigenvalue weighted by molar-refractivity contribution is 7.89. The van der Waals surface area contributed by atoms with Gasteiger partial charge in [0, 0.05) is 12.6 Å². The number of hydrogen-bond acceptors (Lipinski definition) is 6. The van der Waals surface area contributed by atoms with Crippen molar-refractivity contribution < 1.29 is 23.4 Å². The first-order chi connectivity index (χ1) is 15.9. The van der Waals surface area contributed by atoms with Gasteiger partial charge in [0.05, 0.1) is 4.90 Å². The van der Waals surface area contributed by atoms with E-state index < -0.39 is 10.0 Å². The highest BCUT2D eigenvalue weighted by Gasteiger charge is 2.25. The van der Waals surface area contributed by atoms with E-state index in [1.54, 1.807) is 18.2 Å². The molecule has 3 N–H and O–H groups in total. The van der Waals surface area contributed by atoms with E-state index in [4.69, 9.17) is 4.74 Å². The second kappa shape index (κ2) is 10.2. The first kappa shape index (κ1) is 23.1. The van der Waals surface area contributed by atoms with Crippen molar-refractivity contribution in [2.45, 2.75) is 30.2 Å². The molecule has 0 aromatic heterocycles. The lowest BCUT2D eigenvalue weighted by Gasteiger charge is -2.35. The van der Waals surface area contributed by atoms with Gasteiger partial charge in [0.25, 0.3) is 0 Å². The lowest BCUT2D eigenvalue weighted by atomic mass is 10.0. The van der Waals surface area contributed by atoms with Gasteiger partial charge in [0.2, 0.25) is 10.0 Å². The summed E-state index contributed by atoms with van der Waals surface area (Å²) >= 11 is 0. The van der Waals surface area contributed by atoms with Crippen LogP contribution in [0.15, 0.2) is 77.7 Å². The number of rotatable bonds is 8. The van der Waals surface area contributed by atoms with Crippen LogP contribution in [-0.4, -0.2) is 43.2 Å². The zero-order valence-electron chi connectivity index (χ0n) is 18.2. The van der Waals surface area contributed by atoms with Gasteiger partial charge in [-0.3, -0.25) is 4.90 Å². The quantitative estimate of drug-likeness (QED) is 0.424. The Morgan fingerprint density at radius 1 is 0.848 bits per heavy atom. The van der Waals surface area contributed by atoms with Crippen molar-refractivity contribution in [1.82, 2.24) is 9.62 Å². The van der Waals surface area contributed by atoms with Gasteiger partial charge in [-0.2, -0.15) is 0 Å². The minimum absolute atomic E-state index is 0.147. The molecule has 1 heterocycles. The summed E-state index contributed by atoms with van der Waals surface area (Å²) in [6.07, 6.45) is 3.22. The fourth-order valence-corrected chi connectivity index (χ4v) is 5.06. The van der Waals surface area contributed by atoms with Crippen molar-refractivity contribution in [1.29, 1.82) is 0 Å². The number of phenolic OH excluding ortho intramolecular Hbond substituents is 2. The molecule has 0 radical (unpaired) electrons. The fraction of sp³-hybridized carbons (Fsp3) is 0.280. The molecule has 1 atom stereocenters. The van der Waals surface area contributed by atoms with Crippen LogP contribution in [0.1, 0.15) is 30.9 Å². The average molecular weight is 469 g/mol. The number of piperidine rings is 1. The number of phenols is 2. The fourth-order valence-electron chi connectivity index (χ4n) is 4.02. The monoisotopic (exact) mass is 468 g/mol. The predicted molar refractivity (Wildman–Crippen MR) is 126 cm³/mol. The van der Waals surface area contributed by atoms with E-state index in [0.717, 1.165) is 37.9 Å². The molecular weight excluding hydrogens is 440 g/mol. The van der Waals surface area contributed by atoms with E-state index in [2.05, 4.69) is 9.62 Å². The van der Waals surface area contributed by atoms with Crippen molar-refractivity contribution in [3.8, 4) is 23.0 Å². The summed E-state index contributed by atoms with van der Waals surface area (Å²) in [4.78, 5) is 2.36. The molecule has 4 rings (SSSR count). The standard InChI is InChI=1S/C25H28N2O5S/c28-24-14-9-19(17-25(24)29)23(27-15-5-2-6-16-27)18-26-33(30,31)22-12-10-21(11-13-22)32-20-7-3-1-4-8-20/h1,3-4,7-14,17,23,26,28-29H,2,5-6,15-16,18H2. The van der Waals surface area contributed by atoms with Crippen molar-refractivity contribution in [2.24, 2.45) is 0 Å². The Hall–Kier alpha value is -3.07. The van der Waals surface area contributed by atoms with Crippen LogP contribution < -0.4 is 9.46 Å². The largest absolute Gasteiger partial charge is 0.504 e. The maximum Gasteiger partial charge on any atom is 0.240 e. The molecule has 0 amide bonds. The third-order valence-corrected chi connectivity index (χ3v) is 7.23. The number of sulfonamides is 1. The molecule has 8 heteroatoms. The molecule has 0 aliphatic carbocycles. The van der Waals surface area contributed by atoms with Crippen molar-refractivity contribution in [3.05, 3.63) is 78.4 Å². The van der Waals surface area contributed by atoms with Crippen molar-refractivity contribution >= 4 is 10.0 Å². The number of likely N-dealkylation sites (tertiary alicyclic amines) is 1. The zero-order chi connectivity index (χ0) is 23.3. The van der Waals surface area contributed by atoms with Gasteiger partial charge in [-0.15, -0.1) is 0 Å². The molecule has 0 spiro atoms. The Bertz CT molecular complexity index is 1160. The van der Waals surface area contributed by atoms with E-state index in [-0.39, 0.29) is 29.0 Å². The summed E-state index contributed by atoms with van der Waals surface area (Å²) in [5, 5.41) is 19.6. The molecule has 0 saturated carbocycles. The molecule has 7 nitrogen and oxygen atoms in total. The van der Waals surface area contributed by atoms with E-state index in [1.807, 2.05) is 30.3 Å². The Balaban J connectivity index is 1.48. The Morgan fingerprint density at radius 3 is 2.18 bits per heavy atom. The molecule has 1 aliphatic heterocycles. The third kappa shape index (κ3) is 5.84. The highest BCUT2D eigenvalue weighted by atomic mass is 32.2. The first-order valence-corrected chi connectivity index (χ1v) is 12.5. The van der Waals surface area contributed by atoms with Crippen LogP contribution in [0.3, 0.4) is 0 Å². The lowest BCUT2D eigenvalue weighted by molar-refractivity contribution is 0.164. The molecular formula is C25H28N2O5S. The number of nitrogens with zero attached hydrogens (tertiary/aromatic N) is 1. The number of nitrogens with one attached hydrogen (secondary N) is 1. The zero-order valence-corrected chi connectivity index (χ0v) is 19.0. The number of ether oxygens (including phenoxy) is 1. The van der Waals surface area contributed by atoms with Crippen LogP contribution in [0, 0.1) is 0 Å². The summed E-state index contributed by atoms with van der Waals surface area (Å²) < 4.78 is 34.4. The maximum absolute atomic E-state index is 13.0. The van der Waals surface area contributed by atoms with Crippen LogP contribution in [-0.2, 0) is 10.0 Å². The highest BCUT2D eigenvalue weighted by Crippen LogP contribution is 2.32. The predicted octanol–water partition coefficient (Wildman–Crippen LogP) is 4.40. The van der Waals surface area contributed by atoms with E-state index in [0.29, 0.717) is 11.5 Å². The summed E-state index contributed by atoms with van der Waals surface area (Å²) in [5.74, 6) is 0.805. The van der Waals surface area contributed by atoms with E-state index in [1.165, 1.54) is 24.3 Å². The average Bonchev–Trinajstić information content (AvgIpc) is 2.83. The second-order valence-electron chi connectivity index (χ2n) is 8.10. The summed E-state index contributed by atoms with van der Waals surface area (Å²) in [7, 11) is -3.75. The molecule has 1 unspecified atom stereocenters. The van der Waals surface area contributed by atoms with Gasteiger partial charge in [0.1, 0.15) is 11.5 Å². The smallest absolute Gasteiger partial charge is 0.240 e. The first-order valence-electron chi connectivity index (χ1n) is 11.0. The van der Waals surface area contributed by atoms with Crippen LogP contribution in [0.25, 0.3) is 0 Å². The molecule has 1 saturated heterocycles. The second-order valence-corrected chi connectivity index (χ2v) is 9.87. The lowest BCUT2D eigenvalue weighted by Crippen LogP contribution is -2.40. The van der Waals surface area contributed by atoms with E-state index in [9.17, 15) is 18.6 Å². The minimum Gasteiger partial charge on any atom is -0.504 e. The Labute approximate surface area is 194 Å². The van der Waals surface area contributed by atoms with E-state index >= 15 is 0 Å². The summed E-state index contributed by atoms with van der Waals surface area (Å²) in [6, 6.07) is 20.0. The molecule has 0 bridgehead atoms. The van der Waals surface area contributed by atoms with Crippen molar-refractivity contribution in [2.75, 3.05) is 19.6 Å². The molecule has 33 heavy (non-hydrogen) atoms. The normalized spacial score (nSPS) is 15.8. The topological polar surface area (TPSA) is 99.1 Å². The van der Waals surface area contributed by atoms with Gasteiger partial charge in [0.15, 0.2) is 11.5 Å². The van der Waals surface area contributed by atoms with Crippen LogP contribution in [0.4, 0.5) is 0 Å². The molecule has 3 aromatic rings. The number of aromatic hydroxyl groups is 2. The molecule has 1 fully saturated rings. The summed E-state index contributed by atoms with van der Waals surface area (Å²) in [5.41, 5.74) is 0.751. The van der Waals surface area contributed by atoms with Crippen LogP contribution in [0.5, 0.6) is 23.0 Å². The maximum atomic E-state index is 13.0. The van der Waals surface area contributed by atoms with Gasteiger partial charge in [-0.25, -0.2) is 13.1 Å². The summed E-state index contributed by atoms with van der Waals surface area (Å²) in [6.45, 7) is 1.84. The van der Waals surface area contributed by atoms with Crippen LogP contribution in [0.2, 0.25) is 0 Å². The van der Waals surface area contributed by atoms with Crippen molar-refractivity contribution in [3.63, 3.8) is 0 Å². The van der Waals surface area contributed by atoms with Crippen LogP contribution >= 0.6 is 0 Å². The Morgan fingerprint density at radius 2 is 1.52 bits per heavy atom. The third-order valence-electron chi connectivity index (χ3n) is 5.80. The van der Waals surface area contributed by atoms with Gasteiger partial charge in [-0.05, 0) is 80.0 Å². The number of benzene rings is 3. The van der Waals surface area contributed by atoms with Gasteiger partial charge in [-0.1, -0.05) is 30.7 Å². The molecule has 174 valence electrons. The molecule has 1 aliphatic rings. The van der Waals surface area contributed by atoms with Gasteiger partial charge < -0.3 is 14.9 Å². The minimum atomic E-state index is -3.75. The SMILES string of the molecule is O=S(=O)(NCC(c1ccc(O)c(O)c1)N1CCCCC1)c1ccc(Oc2ccccc2)cc1. The van der Waals surface area contributed by atoms with Gasteiger partial charge >= 0.3 is 0 Å².